The van der Waals surface area contributed by atoms with E-state index in [-0.39, 0.29) is 11.8 Å². The molecule has 1 aliphatic heterocycles. The van der Waals surface area contributed by atoms with Gasteiger partial charge < -0.3 is 19.7 Å². The molecule has 0 atom stereocenters. The molecular formula is C18H17N5O3. The summed E-state index contributed by atoms with van der Waals surface area (Å²) in [5.41, 5.74) is 3.06. The summed E-state index contributed by atoms with van der Waals surface area (Å²) in [4.78, 5) is 25.7. The maximum atomic E-state index is 11.5. The highest BCUT2D eigenvalue weighted by Gasteiger charge is 2.23. The number of amides is 1. The molecule has 1 amide bonds. The van der Waals surface area contributed by atoms with E-state index in [0.29, 0.717) is 36.8 Å². The average molecular weight is 351 g/mol. The number of oxazole rings is 1. The lowest BCUT2D eigenvalue weighted by molar-refractivity contribution is -0.129. The molecule has 0 aliphatic carbocycles. The van der Waals surface area contributed by atoms with Gasteiger partial charge in [-0.3, -0.25) is 4.79 Å². The molecule has 0 radical (unpaired) electrons. The van der Waals surface area contributed by atoms with Crippen molar-refractivity contribution in [3.8, 4) is 17.2 Å². The average Bonchev–Trinajstić information content (AvgIpc) is 3.17. The quantitative estimate of drug-likeness (QED) is 0.747. The number of hydrogen-bond acceptors (Lipinski definition) is 7. The molecule has 8 nitrogen and oxygen atoms in total. The first-order valence-electron chi connectivity index (χ1n) is 8.20. The van der Waals surface area contributed by atoms with Crippen molar-refractivity contribution < 1.29 is 14.3 Å². The molecule has 4 rings (SSSR count). The first kappa shape index (κ1) is 16.1. The van der Waals surface area contributed by atoms with Crippen LogP contribution in [0.3, 0.4) is 0 Å². The van der Waals surface area contributed by atoms with Gasteiger partial charge in [0.2, 0.25) is 17.7 Å². The zero-order valence-corrected chi connectivity index (χ0v) is 14.1. The number of aromatic hydroxyl groups is 1. The molecule has 8 heteroatoms. The van der Waals surface area contributed by atoms with Crippen LogP contribution in [-0.2, 0) is 17.8 Å². The third kappa shape index (κ3) is 3.08. The number of benzene rings is 1. The van der Waals surface area contributed by atoms with Crippen molar-refractivity contribution in [3.63, 3.8) is 0 Å². The minimum Gasteiger partial charge on any atom is -0.493 e. The molecule has 2 N–H and O–H groups in total. The summed E-state index contributed by atoms with van der Waals surface area (Å²) in [5, 5.41) is 13.3. The van der Waals surface area contributed by atoms with E-state index < -0.39 is 0 Å². The number of carbonyl (C=O) groups excluding carboxylic acids is 1. The van der Waals surface area contributed by atoms with Gasteiger partial charge in [0.25, 0.3) is 0 Å². The second kappa shape index (κ2) is 6.47. The monoisotopic (exact) mass is 351 g/mol. The van der Waals surface area contributed by atoms with Gasteiger partial charge in [0.15, 0.2) is 12.2 Å². The SMILES string of the molecule is CC(=O)N1CCc2nc(Nc3ccc(-c4cnco4)cc3)nc(O)c2C1. The van der Waals surface area contributed by atoms with Gasteiger partial charge in [0.1, 0.15) is 0 Å². The predicted octanol–water partition coefficient (Wildman–Crippen LogP) is 2.49. The zero-order chi connectivity index (χ0) is 18.1. The van der Waals surface area contributed by atoms with E-state index in [1.165, 1.54) is 13.3 Å². The van der Waals surface area contributed by atoms with Crippen molar-refractivity contribution in [2.75, 3.05) is 11.9 Å². The maximum Gasteiger partial charge on any atom is 0.230 e. The number of anilines is 2. The van der Waals surface area contributed by atoms with E-state index in [4.69, 9.17) is 4.42 Å². The van der Waals surface area contributed by atoms with Gasteiger partial charge >= 0.3 is 0 Å². The fraction of sp³-hybridized carbons (Fsp3) is 0.222. The van der Waals surface area contributed by atoms with Gasteiger partial charge in [0, 0.05) is 31.1 Å². The van der Waals surface area contributed by atoms with Crippen LogP contribution in [0, 0.1) is 0 Å². The Labute approximate surface area is 149 Å². The molecule has 0 saturated heterocycles. The minimum absolute atomic E-state index is 0.0240. The highest BCUT2D eigenvalue weighted by atomic mass is 16.3. The van der Waals surface area contributed by atoms with Gasteiger partial charge in [-0.25, -0.2) is 9.97 Å². The molecule has 3 heterocycles. The topological polar surface area (TPSA) is 104 Å². The fourth-order valence-electron chi connectivity index (χ4n) is 2.93. The minimum atomic E-state index is -0.0956. The Kier molecular flexibility index (Phi) is 4.00. The lowest BCUT2D eigenvalue weighted by Crippen LogP contribution is -2.35. The first-order chi connectivity index (χ1) is 12.6. The smallest absolute Gasteiger partial charge is 0.230 e. The predicted molar refractivity (Wildman–Crippen MR) is 93.7 cm³/mol. The van der Waals surface area contributed by atoms with E-state index >= 15 is 0 Å². The Morgan fingerprint density at radius 2 is 2.08 bits per heavy atom. The highest BCUT2D eigenvalue weighted by Crippen LogP contribution is 2.27. The molecule has 0 saturated carbocycles. The zero-order valence-electron chi connectivity index (χ0n) is 14.1. The number of nitrogens with zero attached hydrogens (tertiary/aromatic N) is 4. The van der Waals surface area contributed by atoms with Crippen LogP contribution in [0.1, 0.15) is 18.2 Å². The number of hydrogen-bond donors (Lipinski definition) is 2. The third-order valence-electron chi connectivity index (χ3n) is 4.34. The van der Waals surface area contributed by atoms with Crippen molar-refractivity contribution in [2.24, 2.45) is 0 Å². The third-order valence-corrected chi connectivity index (χ3v) is 4.34. The van der Waals surface area contributed by atoms with Crippen LogP contribution >= 0.6 is 0 Å². The number of fused-ring (bicyclic) bond motifs is 1. The Morgan fingerprint density at radius 1 is 1.27 bits per heavy atom. The van der Waals surface area contributed by atoms with Gasteiger partial charge in [-0.15, -0.1) is 0 Å². The number of carbonyl (C=O) groups is 1. The standard InChI is InChI=1S/C18H17N5O3/c1-11(24)23-7-6-15-14(9-23)17(25)22-18(21-15)20-13-4-2-12(3-5-13)16-8-19-10-26-16/h2-5,8,10H,6-7,9H2,1H3,(H2,20,21,22,25). The lowest BCUT2D eigenvalue weighted by Gasteiger charge is -2.27. The Bertz CT molecular complexity index is 938. The number of nitrogens with one attached hydrogen (secondary N) is 1. The van der Waals surface area contributed by atoms with Crippen LogP contribution in [0.4, 0.5) is 11.6 Å². The van der Waals surface area contributed by atoms with E-state index in [0.717, 1.165) is 16.9 Å². The van der Waals surface area contributed by atoms with Gasteiger partial charge in [-0.2, -0.15) is 4.98 Å². The van der Waals surface area contributed by atoms with Gasteiger partial charge in [-0.05, 0) is 24.3 Å². The molecule has 2 aromatic heterocycles. The molecule has 0 bridgehead atoms. The van der Waals surface area contributed by atoms with Crippen LogP contribution in [0.15, 0.2) is 41.3 Å². The Balaban J connectivity index is 1.54. The van der Waals surface area contributed by atoms with Crippen LogP contribution in [-0.4, -0.2) is 37.4 Å². The van der Waals surface area contributed by atoms with Crippen LogP contribution in [0.25, 0.3) is 11.3 Å². The van der Waals surface area contributed by atoms with Crippen molar-refractivity contribution >= 4 is 17.5 Å². The van der Waals surface area contributed by atoms with Crippen LogP contribution in [0.2, 0.25) is 0 Å². The van der Waals surface area contributed by atoms with E-state index in [1.807, 2.05) is 24.3 Å². The second-order valence-corrected chi connectivity index (χ2v) is 6.05. The van der Waals surface area contributed by atoms with E-state index in [1.54, 1.807) is 11.1 Å². The van der Waals surface area contributed by atoms with Gasteiger partial charge in [-0.1, -0.05) is 0 Å². The molecule has 1 aliphatic rings. The first-order valence-corrected chi connectivity index (χ1v) is 8.20. The molecule has 0 fully saturated rings. The molecule has 132 valence electrons. The second-order valence-electron chi connectivity index (χ2n) is 6.05. The van der Waals surface area contributed by atoms with Crippen molar-refractivity contribution in [2.45, 2.75) is 19.9 Å². The molecule has 3 aromatic rings. The largest absolute Gasteiger partial charge is 0.493 e. The summed E-state index contributed by atoms with van der Waals surface area (Å²) in [5.74, 6) is 0.894. The van der Waals surface area contributed by atoms with Gasteiger partial charge in [0.05, 0.1) is 24.0 Å². The normalized spacial score (nSPS) is 13.3. The fourth-order valence-corrected chi connectivity index (χ4v) is 2.93. The van der Waals surface area contributed by atoms with E-state index in [9.17, 15) is 9.90 Å². The Morgan fingerprint density at radius 3 is 2.77 bits per heavy atom. The van der Waals surface area contributed by atoms with Crippen molar-refractivity contribution in [1.82, 2.24) is 19.9 Å². The summed E-state index contributed by atoms with van der Waals surface area (Å²) in [7, 11) is 0. The Hall–Kier alpha value is -3.42. The summed E-state index contributed by atoms with van der Waals surface area (Å²) in [6.07, 6.45) is 3.62. The summed E-state index contributed by atoms with van der Waals surface area (Å²) >= 11 is 0. The van der Waals surface area contributed by atoms with Crippen molar-refractivity contribution in [1.29, 1.82) is 0 Å². The molecule has 0 spiro atoms. The molecule has 26 heavy (non-hydrogen) atoms. The molecule has 0 unspecified atom stereocenters. The van der Waals surface area contributed by atoms with Crippen LogP contribution < -0.4 is 5.32 Å². The van der Waals surface area contributed by atoms with E-state index in [2.05, 4.69) is 20.3 Å². The maximum absolute atomic E-state index is 11.5. The lowest BCUT2D eigenvalue weighted by atomic mass is 10.1. The molecular weight excluding hydrogens is 334 g/mol. The summed E-state index contributed by atoms with van der Waals surface area (Å²) < 4.78 is 5.26. The van der Waals surface area contributed by atoms with Crippen LogP contribution in [0.5, 0.6) is 5.88 Å². The number of rotatable bonds is 3. The van der Waals surface area contributed by atoms with Crippen molar-refractivity contribution in [3.05, 3.63) is 48.1 Å². The summed E-state index contributed by atoms with van der Waals surface area (Å²) in [6.45, 7) is 2.44. The highest BCUT2D eigenvalue weighted by molar-refractivity contribution is 5.73. The molecule has 1 aromatic carbocycles. The summed E-state index contributed by atoms with van der Waals surface area (Å²) in [6, 6.07) is 7.53. The number of aromatic nitrogens is 3.